The molecule has 0 aliphatic heterocycles. The highest BCUT2D eigenvalue weighted by Crippen LogP contribution is 2.23. The molecule has 13 heavy (non-hydrogen) atoms. The van der Waals surface area contributed by atoms with Crippen molar-refractivity contribution in [1.29, 1.82) is 0 Å². The number of hydrogen-bond donors (Lipinski definition) is 0. The number of halogens is 3. The van der Waals surface area contributed by atoms with Crippen LogP contribution in [-0.4, -0.2) is 4.83 Å². The van der Waals surface area contributed by atoms with Crippen molar-refractivity contribution >= 4 is 43.5 Å². The zero-order chi connectivity index (χ0) is 9.84. The number of rotatable bonds is 3. The predicted octanol–water partition coefficient (Wildman–Crippen LogP) is 4.82. The summed E-state index contributed by atoms with van der Waals surface area (Å²) < 4.78 is 1.14. The lowest BCUT2D eigenvalue weighted by Crippen LogP contribution is -1.94. The van der Waals surface area contributed by atoms with Crippen LogP contribution in [0.3, 0.4) is 0 Å². The third-order valence-electron chi connectivity index (χ3n) is 1.82. The minimum atomic E-state index is 0.554. The Morgan fingerprint density at radius 2 is 2.15 bits per heavy atom. The molecule has 1 aromatic carbocycles. The molecule has 0 aliphatic carbocycles. The Kier molecular flexibility index (Phi) is 4.77. The van der Waals surface area contributed by atoms with Crippen molar-refractivity contribution in [2.45, 2.75) is 24.6 Å². The van der Waals surface area contributed by atoms with Gasteiger partial charge in [-0.25, -0.2) is 0 Å². The Morgan fingerprint density at radius 1 is 1.46 bits per heavy atom. The largest absolute Gasteiger partial charge is 0.0894 e. The Hall–Kier alpha value is 0.470. The van der Waals surface area contributed by atoms with E-state index in [0.29, 0.717) is 4.83 Å². The van der Waals surface area contributed by atoms with Crippen molar-refractivity contribution in [2.24, 2.45) is 0 Å². The second kappa shape index (κ2) is 5.38. The first kappa shape index (κ1) is 11.5. The molecule has 0 saturated heterocycles. The second-order valence-electron chi connectivity index (χ2n) is 3.06. The van der Waals surface area contributed by atoms with E-state index >= 15 is 0 Å². The number of benzene rings is 1. The summed E-state index contributed by atoms with van der Waals surface area (Å²) in [5.74, 6) is 0. The van der Waals surface area contributed by atoms with Crippen molar-refractivity contribution in [3.63, 3.8) is 0 Å². The fraction of sp³-hybridized carbons (Fsp3) is 0.400. The van der Waals surface area contributed by atoms with Gasteiger partial charge in [-0.05, 0) is 36.6 Å². The third-order valence-corrected chi connectivity index (χ3v) is 3.29. The van der Waals surface area contributed by atoms with Gasteiger partial charge in [0.05, 0.1) is 0 Å². The van der Waals surface area contributed by atoms with Gasteiger partial charge in [-0.1, -0.05) is 50.4 Å². The van der Waals surface area contributed by atoms with Crippen molar-refractivity contribution in [3.8, 4) is 0 Å². The molecule has 0 radical (unpaired) electrons. The summed E-state index contributed by atoms with van der Waals surface area (Å²) in [6, 6.07) is 5.91. The fourth-order valence-electron chi connectivity index (χ4n) is 1.09. The van der Waals surface area contributed by atoms with Crippen molar-refractivity contribution in [1.82, 2.24) is 0 Å². The third kappa shape index (κ3) is 4.01. The summed E-state index contributed by atoms with van der Waals surface area (Å²) in [4.78, 5) is 0.554. The van der Waals surface area contributed by atoms with Gasteiger partial charge in [0.1, 0.15) is 0 Å². The zero-order valence-corrected chi connectivity index (χ0v) is 11.3. The molecule has 72 valence electrons. The molecule has 0 saturated carbocycles. The normalized spacial score (nSPS) is 12.9. The fourth-order valence-corrected chi connectivity index (χ4v) is 1.96. The van der Waals surface area contributed by atoms with Crippen molar-refractivity contribution in [2.75, 3.05) is 0 Å². The lowest BCUT2D eigenvalue weighted by molar-refractivity contribution is 0.819. The van der Waals surface area contributed by atoms with Gasteiger partial charge in [-0.15, -0.1) is 0 Å². The van der Waals surface area contributed by atoms with Gasteiger partial charge in [-0.3, -0.25) is 0 Å². The highest BCUT2D eigenvalue weighted by Gasteiger charge is 2.02. The molecule has 3 heteroatoms. The van der Waals surface area contributed by atoms with E-state index in [4.69, 9.17) is 11.6 Å². The van der Waals surface area contributed by atoms with E-state index in [1.54, 1.807) is 0 Å². The van der Waals surface area contributed by atoms with E-state index in [1.165, 1.54) is 5.56 Å². The monoisotopic (exact) mass is 324 g/mol. The van der Waals surface area contributed by atoms with E-state index in [9.17, 15) is 0 Å². The topological polar surface area (TPSA) is 0 Å². The van der Waals surface area contributed by atoms with Gasteiger partial charge in [0.25, 0.3) is 0 Å². The molecule has 0 nitrogen and oxygen atoms in total. The zero-order valence-electron chi connectivity index (χ0n) is 7.36. The maximum Gasteiger partial charge on any atom is 0.0409 e. The van der Waals surface area contributed by atoms with Gasteiger partial charge in [-0.2, -0.15) is 0 Å². The Bertz CT molecular complexity index is 284. The predicted molar refractivity (Wildman–Crippen MR) is 65.9 cm³/mol. The van der Waals surface area contributed by atoms with Gasteiger partial charge in [0, 0.05) is 14.3 Å². The van der Waals surface area contributed by atoms with E-state index in [0.717, 1.165) is 22.3 Å². The Balaban J connectivity index is 2.70. The summed E-state index contributed by atoms with van der Waals surface area (Å²) in [5, 5.41) is 0.806. The lowest BCUT2D eigenvalue weighted by atomic mass is 10.1. The second-order valence-corrected chi connectivity index (χ2v) is 5.91. The van der Waals surface area contributed by atoms with Crippen LogP contribution in [0, 0.1) is 0 Å². The maximum absolute atomic E-state index is 5.90. The first-order valence-corrected chi connectivity index (χ1v) is 6.26. The molecule has 1 atom stereocenters. The Morgan fingerprint density at radius 3 is 2.77 bits per heavy atom. The quantitative estimate of drug-likeness (QED) is 0.699. The van der Waals surface area contributed by atoms with Gasteiger partial charge >= 0.3 is 0 Å². The minimum Gasteiger partial charge on any atom is -0.0894 e. The molecular formula is C10H11Br2Cl. The molecule has 0 fully saturated rings. The number of aryl methyl sites for hydroxylation is 1. The van der Waals surface area contributed by atoms with Crippen LogP contribution >= 0.6 is 43.5 Å². The van der Waals surface area contributed by atoms with Crippen LogP contribution in [0.15, 0.2) is 22.7 Å². The summed E-state index contributed by atoms with van der Waals surface area (Å²) in [5.41, 5.74) is 1.28. The van der Waals surface area contributed by atoms with Gasteiger partial charge in [0.15, 0.2) is 0 Å². The van der Waals surface area contributed by atoms with Crippen LogP contribution in [0.5, 0.6) is 0 Å². The van der Waals surface area contributed by atoms with Crippen molar-refractivity contribution < 1.29 is 0 Å². The van der Waals surface area contributed by atoms with E-state index in [1.807, 2.05) is 18.2 Å². The number of hydrogen-bond acceptors (Lipinski definition) is 0. The molecule has 0 aromatic heterocycles. The Labute approximate surface area is 101 Å². The highest BCUT2D eigenvalue weighted by atomic mass is 79.9. The molecular weight excluding hydrogens is 315 g/mol. The van der Waals surface area contributed by atoms with Crippen LogP contribution in [0.1, 0.15) is 18.9 Å². The average molecular weight is 326 g/mol. The minimum absolute atomic E-state index is 0.554. The smallest absolute Gasteiger partial charge is 0.0409 e. The molecule has 1 aromatic rings. The summed E-state index contributed by atoms with van der Waals surface area (Å²) >= 11 is 12.9. The average Bonchev–Trinajstić information content (AvgIpc) is 2.06. The van der Waals surface area contributed by atoms with E-state index < -0.39 is 0 Å². The van der Waals surface area contributed by atoms with Crippen LogP contribution < -0.4 is 0 Å². The molecule has 0 aliphatic rings. The summed E-state index contributed by atoms with van der Waals surface area (Å²) in [6.07, 6.45) is 2.17. The van der Waals surface area contributed by atoms with Crippen LogP contribution in [0.25, 0.3) is 0 Å². The lowest BCUT2D eigenvalue weighted by Gasteiger charge is -2.06. The van der Waals surface area contributed by atoms with Crippen LogP contribution in [0.2, 0.25) is 5.02 Å². The number of alkyl halides is 1. The van der Waals surface area contributed by atoms with E-state index in [2.05, 4.69) is 38.8 Å². The molecule has 0 amide bonds. The molecule has 0 bridgehead atoms. The standard InChI is InChI=1S/C10H11Br2Cl/c1-7(11)2-3-8-6-9(13)4-5-10(8)12/h4-7H,2-3H2,1H3. The maximum atomic E-state index is 5.90. The van der Waals surface area contributed by atoms with Gasteiger partial charge in [0.2, 0.25) is 0 Å². The first-order valence-electron chi connectivity index (χ1n) is 4.17. The van der Waals surface area contributed by atoms with Crippen molar-refractivity contribution in [3.05, 3.63) is 33.3 Å². The molecule has 0 spiro atoms. The highest BCUT2D eigenvalue weighted by molar-refractivity contribution is 9.10. The SMILES string of the molecule is CC(Br)CCc1cc(Cl)ccc1Br. The summed E-state index contributed by atoms with van der Waals surface area (Å²) in [7, 11) is 0. The first-order chi connectivity index (χ1) is 6.09. The molecule has 0 heterocycles. The molecule has 1 rings (SSSR count). The molecule has 0 N–H and O–H groups in total. The van der Waals surface area contributed by atoms with Crippen LogP contribution in [0.4, 0.5) is 0 Å². The summed E-state index contributed by atoms with van der Waals surface area (Å²) in [6.45, 7) is 2.15. The molecule has 1 unspecified atom stereocenters. The van der Waals surface area contributed by atoms with E-state index in [-0.39, 0.29) is 0 Å². The van der Waals surface area contributed by atoms with Gasteiger partial charge < -0.3 is 0 Å². The van der Waals surface area contributed by atoms with Crippen LogP contribution in [-0.2, 0) is 6.42 Å².